The first-order chi connectivity index (χ1) is 4.16. The molecule has 0 aliphatic heterocycles. The molecular weight excluding hydrogens is 232 g/mol. The largest absolute Gasteiger partial charge is 0.478 e. The maximum Gasteiger partial charge on any atom is 0.330 e. The molecule has 0 heterocycles. The smallest absolute Gasteiger partial charge is 0.330 e. The van der Waals surface area contributed by atoms with Crippen LogP contribution >= 0.6 is 0 Å². The quantitative estimate of drug-likeness (QED) is 0.411. The molecule has 0 unspecified atom stereocenters. The third-order valence-electron chi connectivity index (χ3n) is 0.563. The minimum atomic E-state index is -1.17. The van der Waals surface area contributed by atoms with Crippen molar-refractivity contribution in [2.45, 2.75) is 0 Å². The molecule has 4 nitrogen and oxygen atoms in total. The van der Waals surface area contributed by atoms with Gasteiger partial charge in [-0.05, 0) is 0 Å². The molecule has 0 aromatic rings. The zero-order valence-electron chi connectivity index (χ0n) is 5.13. The van der Waals surface area contributed by atoms with Gasteiger partial charge in [0.2, 0.25) is 0 Å². The van der Waals surface area contributed by atoms with E-state index in [1.807, 2.05) is 0 Å². The Labute approximate surface area is 73.4 Å². The summed E-state index contributed by atoms with van der Waals surface area (Å²) in [6, 6.07) is 0. The number of methoxy groups -OCH3 is 1. The van der Waals surface area contributed by atoms with Crippen LogP contribution in [0.15, 0.2) is 12.2 Å². The van der Waals surface area contributed by atoms with E-state index in [0.717, 1.165) is 6.08 Å². The van der Waals surface area contributed by atoms with Gasteiger partial charge >= 0.3 is 11.9 Å². The topological polar surface area (TPSA) is 63.6 Å². The Morgan fingerprint density at radius 2 is 1.90 bits per heavy atom. The molecular formula is C5H6AgO4. The number of hydrogen-bond acceptors (Lipinski definition) is 3. The van der Waals surface area contributed by atoms with E-state index in [1.54, 1.807) is 0 Å². The molecule has 0 rings (SSSR count). The summed E-state index contributed by atoms with van der Waals surface area (Å²) in [7, 11) is 1.18. The number of rotatable bonds is 2. The van der Waals surface area contributed by atoms with Gasteiger partial charge in [0.15, 0.2) is 0 Å². The fourth-order valence-electron chi connectivity index (χ4n) is 0.207. The summed E-state index contributed by atoms with van der Waals surface area (Å²) in [5.41, 5.74) is 0. The van der Waals surface area contributed by atoms with Crippen molar-refractivity contribution >= 4 is 11.9 Å². The average Bonchev–Trinajstić information content (AvgIpc) is 1.83. The SMILES string of the molecule is COC(=O)/C=C/C(=O)O.[Ag]. The van der Waals surface area contributed by atoms with Crippen LogP contribution in [0.5, 0.6) is 0 Å². The monoisotopic (exact) mass is 237 g/mol. The van der Waals surface area contributed by atoms with E-state index in [2.05, 4.69) is 4.74 Å². The number of carbonyl (C=O) groups excluding carboxylic acids is 1. The molecule has 0 spiro atoms. The van der Waals surface area contributed by atoms with Crippen LogP contribution in [0.25, 0.3) is 0 Å². The summed E-state index contributed by atoms with van der Waals surface area (Å²) in [5.74, 6) is -1.84. The predicted molar refractivity (Wildman–Crippen MR) is 28.8 cm³/mol. The third kappa shape index (κ3) is 7.42. The molecule has 0 atom stereocenters. The maximum atomic E-state index is 10.1. The van der Waals surface area contributed by atoms with Crippen molar-refractivity contribution < 1.29 is 41.8 Å². The number of carboxylic acids is 1. The van der Waals surface area contributed by atoms with Gasteiger partial charge in [0.1, 0.15) is 0 Å². The van der Waals surface area contributed by atoms with Crippen LogP contribution < -0.4 is 0 Å². The van der Waals surface area contributed by atoms with Crippen molar-refractivity contribution in [3.8, 4) is 0 Å². The Morgan fingerprint density at radius 1 is 1.40 bits per heavy atom. The molecule has 10 heavy (non-hydrogen) atoms. The Bertz CT molecular complexity index is 152. The summed E-state index contributed by atoms with van der Waals surface area (Å²) in [6.07, 6.45) is 1.55. The van der Waals surface area contributed by atoms with Gasteiger partial charge in [0.05, 0.1) is 7.11 Å². The van der Waals surface area contributed by atoms with Crippen LogP contribution in [0, 0.1) is 0 Å². The van der Waals surface area contributed by atoms with Crippen molar-refractivity contribution in [3.05, 3.63) is 12.2 Å². The molecule has 0 saturated heterocycles. The number of carboxylic acid groups (broad SMARTS) is 1. The standard InChI is InChI=1S/C5H6O4.Ag/c1-9-5(8)3-2-4(6)7;/h2-3H,1H3,(H,6,7);/b3-2+;. The molecule has 0 aliphatic rings. The van der Waals surface area contributed by atoms with Gasteiger partial charge in [-0.15, -0.1) is 0 Å². The number of carbonyl (C=O) groups is 2. The van der Waals surface area contributed by atoms with Gasteiger partial charge in [0, 0.05) is 34.5 Å². The Hall–Kier alpha value is -0.580. The summed E-state index contributed by atoms with van der Waals surface area (Å²) < 4.78 is 4.11. The summed E-state index contributed by atoms with van der Waals surface area (Å²) in [5, 5.41) is 7.96. The zero-order valence-corrected chi connectivity index (χ0v) is 6.61. The van der Waals surface area contributed by atoms with E-state index in [4.69, 9.17) is 5.11 Å². The third-order valence-corrected chi connectivity index (χ3v) is 0.563. The number of esters is 1. The number of hydrogen-bond donors (Lipinski definition) is 1. The van der Waals surface area contributed by atoms with Gasteiger partial charge in [0.25, 0.3) is 0 Å². The molecule has 1 radical (unpaired) electrons. The number of aliphatic carboxylic acids is 1. The summed E-state index contributed by atoms with van der Waals surface area (Å²) in [6.45, 7) is 0. The number of ether oxygens (including phenoxy) is 1. The van der Waals surface area contributed by atoms with Gasteiger partial charge < -0.3 is 9.84 Å². The molecule has 1 N–H and O–H groups in total. The van der Waals surface area contributed by atoms with Crippen molar-refractivity contribution in [1.82, 2.24) is 0 Å². The second-order valence-electron chi connectivity index (χ2n) is 1.19. The van der Waals surface area contributed by atoms with Crippen molar-refractivity contribution in [2.75, 3.05) is 7.11 Å². The van der Waals surface area contributed by atoms with Crippen LogP contribution in [0.1, 0.15) is 0 Å². The Balaban J connectivity index is 0. The van der Waals surface area contributed by atoms with Gasteiger partial charge in [-0.25, -0.2) is 9.59 Å². The second kappa shape index (κ2) is 6.54. The molecule has 5 heteroatoms. The Kier molecular flexibility index (Phi) is 7.93. The summed E-state index contributed by atoms with van der Waals surface area (Å²) >= 11 is 0. The van der Waals surface area contributed by atoms with Gasteiger partial charge in [-0.1, -0.05) is 0 Å². The van der Waals surface area contributed by atoms with E-state index >= 15 is 0 Å². The van der Waals surface area contributed by atoms with Crippen LogP contribution in [0.2, 0.25) is 0 Å². The first kappa shape index (κ1) is 12.1. The van der Waals surface area contributed by atoms with Crippen molar-refractivity contribution in [2.24, 2.45) is 0 Å². The summed E-state index contributed by atoms with van der Waals surface area (Å²) in [4.78, 5) is 19.9. The van der Waals surface area contributed by atoms with Crippen molar-refractivity contribution in [3.63, 3.8) is 0 Å². The van der Waals surface area contributed by atoms with E-state index in [1.165, 1.54) is 7.11 Å². The molecule has 0 bridgehead atoms. The van der Waals surface area contributed by atoms with E-state index in [-0.39, 0.29) is 22.4 Å². The Morgan fingerprint density at radius 3 is 2.20 bits per heavy atom. The predicted octanol–water partition coefficient (Wildman–Crippen LogP) is -0.202. The fourth-order valence-corrected chi connectivity index (χ4v) is 0.207. The normalized spacial score (nSPS) is 8.50. The van der Waals surface area contributed by atoms with Crippen molar-refractivity contribution in [1.29, 1.82) is 0 Å². The molecule has 0 saturated carbocycles. The minimum Gasteiger partial charge on any atom is -0.478 e. The van der Waals surface area contributed by atoms with Gasteiger partial charge in [-0.3, -0.25) is 0 Å². The average molecular weight is 238 g/mol. The maximum absolute atomic E-state index is 10.1. The molecule has 0 aliphatic carbocycles. The van der Waals surface area contributed by atoms with E-state index in [9.17, 15) is 9.59 Å². The van der Waals surface area contributed by atoms with Crippen LogP contribution in [0.3, 0.4) is 0 Å². The zero-order chi connectivity index (χ0) is 7.28. The minimum absolute atomic E-state index is 0. The van der Waals surface area contributed by atoms with Crippen LogP contribution in [-0.4, -0.2) is 24.2 Å². The first-order valence-corrected chi connectivity index (χ1v) is 2.15. The second-order valence-corrected chi connectivity index (χ2v) is 1.19. The van der Waals surface area contributed by atoms with Crippen LogP contribution in [-0.2, 0) is 36.7 Å². The molecule has 0 fully saturated rings. The molecule has 61 valence electrons. The molecule has 0 aromatic carbocycles. The van der Waals surface area contributed by atoms with Crippen LogP contribution in [0.4, 0.5) is 0 Å². The first-order valence-electron chi connectivity index (χ1n) is 2.15. The van der Waals surface area contributed by atoms with Gasteiger partial charge in [-0.2, -0.15) is 0 Å². The van der Waals surface area contributed by atoms with E-state index < -0.39 is 11.9 Å². The van der Waals surface area contributed by atoms with E-state index in [0.29, 0.717) is 6.08 Å². The fraction of sp³-hybridized carbons (Fsp3) is 0.200. The molecule has 0 amide bonds. The molecule has 0 aromatic heterocycles.